The Labute approximate surface area is 112 Å². The molecule has 0 spiro atoms. The summed E-state index contributed by atoms with van der Waals surface area (Å²) in [6, 6.07) is 0. The van der Waals surface area contributed by atoms with Gasteiger partial charge in [-0.15, -0.1) is 0 Å². The van der Waals surface area contributed by atoms with Crippen LogP contribution in [0.4, 0.5) is 0 Å². The van der Waals surface area contributed by atoms with E-state index in [-0.39, 0.29) is 3.58 Å². The molecule has 0 saturated carbocycles. The van der Waals surface area contributed by atoms with Crippen molar-refractivity contribution in [1.82, 2.24) is 0 Å². The predicted octanol–water partition coefficient (Wildman–Crippen LogP) is 2.67. The zero-order valence-electron chi connectivity index (χ0n) is 8.13. The fraction of sp³-hybridized carbons (Fsp3) is 0.778. The molecule has 14 heavy (non-hydrogen) atoms. The van der Waals surface area contributed by atoms with E-state index in [1.165, 1.54) is 12.8 Å². The van der Waals surface area contributed by atoms with Crippen molar-refractivity contribution in [3.63, 3.8) is 0 Å². The van der Waals surface area contributed by atoms with Crippen LogP contribution < -0.4 is 0 Å². The minimum absolute atomic E-state index is 0.201. The van der Waals surface area contributed by atoms with Gasteiger partial charge in [0.1, 0.15) is 0 Å². The Bertz CT molecular complexity index is 197. The fourth-order valence-corrected chi connectivity index (χ4v) is 2.01. The van der Waals surface area contributed by atoms with Gasteiger partial charge in [0, 0.05) is 3.58 Å². The summed E-state index contributed by atoms with van der Waals surface area (Å²) >= 11 is 3.79. The van der Waals surface area contributed by atoms with Gasteiger partial charge in [-0.1, -0.05) is 26.2 Å². The highest BCUT2D eigenvalue weighted by Crippen LogP contribution is 2.30. The van der Waals surface area contributed by atoms with Crippen molar-refractivity contribution in [1.29, 1.82) is 0 Å². The van der Waals surface area contributed by atoms with Crippen LogP contribution in [-0.2, 0) is 0 Å². The molecule has 0 amide bonds. The van der Waals surface area contributed by atoms with Crippen LogP contribution in [-0.4, -0.2) is 21.3 Å². The van der Waals surface area contributed by atoms with Gasteiger partial charge in [-0.2, -0.15) is 0 Å². The number of allylic oxidation sites excluding steroid dienone is 1. The second-order valence-electron chi connectivity index (χ2n) is 3.16. The van der Waals surface area contributed by atoms with Crippen molar-refractivity contribution < 1.29 is 15.3 Å². The van der Waals surface area contributed by atoms with E-state index in [4.69, 9.17) is 15.3 Å². The summed E-state index contributed by atoms with van der Waals surface area (Å²) in [5, 5.41) is 26.7. The molecule has 0 bridgehead atoms. The van der Waals surface area contributed by atoms with E-state index >= 15 is 0 Å². The number of unbranched alkanes of at least 4 members (excludes halogenated alkanes) is 3. The average Bonchev–Trinajstić information content (AvgIpc) is 2.09. The molecule has 0 aliphatic heterocycles. The number of hydrogen-bond donors (Lipinski definition) is 3. The molecule has 0 aromatic carbocycles. The van der Waals surface area contributed by atoms with Crippen LogP contribution in [0.3, 0.4) is 0 Å². The summed E-state index contributed by atoms with van der Waals surface area (Å²) < 4.78 is 1.01. The Morgan fingerprint density at radius 3 is 2.07 bits per heavy atom. The van der Waals surface area contributed by atoms with Crippen LogP contribution in [0.2, 0.25) is 0 Å². The summed E-state index contributed by atoms with van der Waals surface area (Å²) in [5.41, 5.74) is 0. The molecular formula is C9H16I2O3. The van der Waals surface area contributed by atoms with Crippen LogP contribution in [0.1, 0.15) is 39.0 Å². The van der Waals surface area contributed by atoms with E-state index in [0.29, 0.717) is 0 Å². The van der Waals surface area contributed by atoms with Gasteiger partial charge in [0.2, 0.25) is 0 Å². The summed E-state index contributed by atoms with van der Waals surface area (Å²) in [6.07, 6.45) is 5.34. The van der Waals surface area contributed by atoms with Gasteiger partial charge < -0.3 is 15.3 Å². The minimum Gasteiger partial charge on any atom is -0.339 e. The van der Waals surface area contributed by atoms with E-state index in [1.807, 2.05) is 22.6 Å². The monoisotopic (exact) mass is 426 g/mol. The maximum Gasteiger partial charge on any atom is 0.311 e. The van der Waals surface area contributed by atoms with E-state index in [2.05, 4.69) is 6.92 Å². The lowest BCUT2D eigenvalue weighted by atomic mass is 10.1. The highest BCUT2D eigenvalue weighted by atomic mass is 127. The first-order valence-corrected chi connectivity index (χ1v) is 6.77. The Kier molecular flexibility index (Phi) is 7.94. The number of hydrogen-bond acceptors (Lipinski definition) is 3. The van der Waals surface area contributed by atoms with Gasteiger partial charge in [-0.25, -0.2) is 0 Å². The first-order chi connectivity index (χ1) is 6.39. The third-order valence-electron chi connectivity index (χ3n) is 1.78. The summed E-state index contributed by atoms with van der Waals surface area (Å²) in [5.74, 6) is -2.66. The molecule has 0 fully saturated rings. The molecule has 0 saturated heterocycles. The van der Waals surface area contributed by atoms with Gasteiger partial charge in [-0.3, -0.25) is 0 Å². The molecule has 0 aromatic heterocycles. The van der Waals surface area contributed by atoms with Gasteiger partial charge in [-0.05, 0) is 58.0 Å². The van der Waals surface area contributed by atoms with Crippen LogP contribution in [0.5, 0.6) is 0 Å². The Morgan fingerprint density at radius 2 is 1.64 bits per heavy atom. The standard InChI is InChI=1S/C9H16I2O3/c1-2-3-4-5-6-7(10)8(11)9(12,13)14/h12-14H,2-6H2,1H3. The van der Waals surface area contributed by atoms with Crippen LogP contribution in [0, 0.1) is 0 Å². The Balaban J connectivity index is 3.99. The number of rotatable bonds is 6. The van der Waals surface area contributed by atoms with Gasteiger partial charge >= 0.3 is 5.97 Å². The van der Waals surface area contributed by atoms with Crippen molar-refractivity contribution in [2.24, 2.45) is 0 Å². The van der Waals surface area contributed by atoms with Crippen molar-refractivity contribution in [3.8, 4) is 0 Å². The molecule has 3 nitrogen and oxygen atoms in total. The topological polar surface area (TPSA) is 60.7 Å². The third kappa shape index (κ3) is 6.54. The third-order valence-corrected chi connectivity index (χ3v) is 5.27. The average molecular weight is 426 g/mol. The van der Waals surface area contributed by atoms with Crippen molar-refractivity contribution in [3.05, 3.63) is 7.16 Å². The normalized spacial score (nSPS) is 14.1. The molecule has 0 radical (unpaired) electrons. The quantitative estimate of drug-likeness (QED) is 0.348. The highest BCUT2D eigenvalue weighted by molar-refractivity contribution is 14.1. The smallest absolute Gasteiger partial charge is 0.311 e. The zero-order chi connectivity index (χ0) is 11.2. The molecule has 84 valence electrons. The van der Waals surface area contributed by atoms with Crippen molar-refractivity contribution in [2.75, 3.05) is 0 Å². The van der Waals surface area contributed by atoms with Gasteiger partial charge in [0.05, 0.1) is 3.58 Å². The highest BCUT2D eigenvalue weighted by Gasteiger charge is 2.25. The van der Waals surface area contributed by atoms with E-state index in [9.17, 15) is 0 Å². The lowest BCUT2D eigenvalue weighted by Crippen LogP contribution is -2.27. The van der Waals surface area contributed by atoms with Crippen molar-refractivity contribution in [2.45, 2.75) is 45.0 Å². The van der Waals surface area contributed by atoms with Crippen LogP contribution in [0.25, 0.3) is 0 Å². The van der Waals surface area contributed by atoms with E-state index in [1.54, 1.807) is 22.6 Å². The second-order valence-corrected chi connectivity index (χ2v) is 5.55. The maximum absolute atomic E-state index is 8.90. The number of halogens is 2. The molecule has 0 rings (SSSR count). The fourth-order valence-electron chi connectivity index (χ4n) is 0.999. The lowest BCUT2D eigenvalue weighted by molar-refractivity contribution is -0.275. The van der Waals surface area contributed by atoms with Gasteiger partial charge in [0.25, 0.3) is 0 Å². The Morgan fingerprint density at radius 1 is 1.07 bits per heavy atom. The molecule has 0 aromatic rings. The summed E-state index contributed by atoms with van der Waals surface area (Å²) in [4.78, 5) is 0. The molecule has 0 unspecified atom stereocenters. The summed E-state index contributed by atoms with van der Waals surface area (Å²) in [6.45, 7) is 2.14. The second kappa shape index (κ2) is 7.37. The van der Waals surface area contributed by atoms with E-state index in [0.717, 1.165) is 22.8 Å². The first kappa shape index (κ1) is 15.1. The van der Waals surface area contributed by atoms with Crippen LogP contribution >= 0.6 is 45.2 Å². The number of aliphatic hydroxyl groups is 3. The molecule has 5 heteroatoms. The maximum atomic E-state index is 8.90. The molecular weight excluding hydrogens is 410 g/mol. The zero-order valence-corrected chi connectivity index (χ0v) is 12.4. The molecule has 0 aliphatic carbocycles. The van der Waals surface area contributed by atoms with Crippen LogP contribution in [0.15, 0.2) is 7.16 Å². The minimum atomic E-state index is -2.66. The van der Waals surface area contributed by atoms with Crippen molar-refractivity contribution >= 4 is 45.2 Å². The first-order valence-electron chi connectivity index (χ1n) is 4.61. The SMILES string of the molecule is CCCCCCC(I)=C(I)C(O)(O)O. The lowest BCUT2D eigenvalue weighted by Gasteiger charge is -2.15. The molecule has 0 aliphatic rings. The molecule has 0 atom stereocenters. The Hall–Kier alpha value is 1.08. The largest absolute Gasteiger partial charge is 0.339 e. The van der Waals surface area contributed by atoms with Gasteiger partial charge in [0.15, 0.2) is 0 Å². The predicted molar refractivity (Wildman–Crippen MR) is 73.2 cm³/mol. The molecule has 0 heterocycles. The summed E-state index contributed by atoms with van der Waals surface area (Å²) in [7, 11) is 0. The van der Waals surface area contributed by atoms with E-state index < -0.39 is 5.97 Å². The molecule has 3 N–H and O–H groups in total.